The number of amides is 2. The lowest BCUT2D eigenvalue weighted by Gasteiger charge is -2.32. The van der Waals surface area contributed by atoms with Crippen molar-refractivity contribution in [2.24, 2.45) is 5.92 Å². The largest absolute Gasteiger partial charge is 0.274 e. The molecule has 2 aliphatic heterocycles. The second kappa shape index (κ2) is 17.5. The molecule has 2 amide bonds. The van der Waals surface area contributed by atoms with Gasteiger partial charge in [-0.05, 0) is 73.6 Å². The molecule has 0 radical (unpaired) electrons. The van der Waals surface area contributed by atoms with Gasteiger partial charge in [-0.3, -0.25) is 14.5 Å². The monoisotopic (exact) mass is 777 g/mol. The molecule has 4 aromatic heterocycles. The Balaban J connectivity index is 1.38. The van der Waals surface area contributed by atoms with Crippen LogP contribution in [0.5, 0.6) is 0 Å². The minimum atomic E-state index is -2.33. The van der Waals surface area contributed by atoms with Gasteiger partial charge in [0.2, 0.25) is 0 Å². The molecule has 6 rings (SSSR count). The Morgan fingerprint density at radius 3 is 2.04 bits per heavy atom. The van der Waals surface area contributed by atoms with Gasteiger partial charge in [0, 0.05) is 40.3 Å². The van der Waals surface area contributed by atoms with Gasteiger partial charge < -0.3 is 0 Å². The van der Waals surface area contributed by atoms with Crippen LogP contribution < -0.4 is 14.9 Å². The first kappa shape index (κ1) is 38.9. The van der Waals surface area contributed by atoms with Gasteiger partial charge in [0.1, 0.15) is 0 Å². The summed E-state index contributed by atoms with van der Waals surface area (Å²) in [6.45, 7) is 14.1. The molecule has 0 spiro atoms. The van der Waals surface area contributed by atoms with Crippen molar-refractivity contribution < 1.29 is 9.59 Å². The molecule has 0 N–H and O–H groups in total. The van der Waals surface area contributed by atoms with Crippen LogP contribution in [0.15, 0.2) is 24.3 Å². The minimum Gasteiger partial charge on any atom is -0.274 e. The highest BCUT2D eigenvalue weighted by molar-refractivity contribution is 7.39. The van der Waals surface area contributed by atoms with E-state index in [1.807, 2.05) is 29.6 Å². The molecule has 4 aromatic rings. The van der Waals surface area contributed by atoms with E-state index in [0.29, 0.717) is 23.6 Å². The number of hydrogen-bond donors (Lipinski definition) is 0. The van der Waals surface area contributed by atoms with E-state index in [4.69, 9.17) is 0 Å². The van der Waals surface area contributed by atoms with Crippen molar-refractivity contribution in [2.75, 3.05) is 6.54 Å². The summed E-state index contributed by atoms with van der Waals surface area (Å²) >= 11 is 7.66. The molecule has 8 heteroatoms. The smallest absolute Gasteiger partial charge is 0.263 e. The zero-order valence-corrected chi connectivity index (χ0v) is 36.3. The van der Waals surface area contributed by atoms with Crippen molar-refractivity contribution in [1.29, 1.82) is 0 Å². The summed E-state index contributed by atoms with van der Waals surface area (Å²) in [6.07, 6.45) is 19.7. The number of unbranched alkanes of at least 4 members (excludes halogenated alkanes) is 10. The molecular weight excluding hydrogens is 719 g/mol. The van der Waals surface area contributed by atoms with Crippen LogP contribution in [-0.2, 0) is 6.42 Å². The Morgan fingerprint density at radius 2 is 1.31 bits per heavy atom. The number of aryl methyl sites for hydroxylation is 3. The maximum atomic E-state index is 14.1. The predicted molar refractivity (Wildman–Crippen MR) is 229 cm³/mol. The summed E-state index contributed by atoms with van der Waals surface area (Å²) in [5.41, 5.74) is 1.35. The fourth-order valence-electron chi connectivity index (χ4n) is 8.54. The van der Waals surface area contributed by atoms with Gasteiger partial charge in [0.05, 0.1) is 16.0 Å². The average molecular weight is 778 g/mol. The molecule has 0 saturated heterocycles. The van der Waals surface area contributed by atoms with Crippen LogP contribution in [0.3, 0.4) is 0 Å². The van der Waals surface area contributed by atoms with Gasteiger partial charge in [0.15, 0.2) is 8.07 Å². The second-order valence-corrected chi connectivity index (χ2v) is 24.1. The molecule has 276 valence electrons. The van der Waals surface area contributed by atoms with Gasteiger partial charge in [-0.1, -0.05) is 117 Å². The van der Waals surface area contributed by atoms with Crippen LogP contribution in [0, 0.1) is 19.8 Å². The third-order valence-electron chi connectivity index (χ3n) is 11.4. The number of thiophene rings is 4. The quantitative estimate of drug-likeness (QED) is 0.0480. The van der Waals surface area contributed by atoms with Gasteiger partial charge in [-0.2, -0.15) is 0 Å². The SMILES string of the molecule is CCCCCCCCN1C(=O)c2c(C)sc(-c3cc4c(s3)-c3sc(C)cc3[Si]4(CC(CC)CCCC)c3ccc(CCCCCCC)s3)c2C1=O. The Morgan fingerprint density at radius 1 is 0.667 bits per heavy atom. The fourth-order valence-corrected chi connectivity index (χ4v) is 21.5. The van der Waals surface area contributed by atoms with Crippen LogP contribution in [0.4, 0.5) is 0 Å². The standard InChI is InChI=1S/C43H59NO2S4Si/c1-7-11-14-16-18-20-25-44-42(45)37-30(6)48-39(38(37)43(44)46)33-27-35-41(50-33)40-34(26-29(5)47-40)51(35,28-31(10-4)21-13-9-3)36-24-23-32(49-36)22-19-17-15-12-8-2/h23-24,26-27,31H,7-22,25,28H2,1-6H3. The number of nitrogens with zero attached hydrogens (tertiary/aromatic N) is 1. The molecule has 0 saturated carbocycles. The molecule has 2 atom stereocenters. The van der Waals surface area contributed by atoms with E-state index in [1.54, 1.807) is 36.0 Å². The van der Waals surface area contributed by atoms with Crippen LogP contribution in [0.25, 0.3) is 19.5 Å². The van der Waals surface area contributed by atoms with E-state index in [9.17, 15) is 9.59 Å². The van der Waals surface area contributed by atoms with E-state index in [-0.39, 0.29) is 11.8 Å². The van der Waals surface area contributed by atoms with Crippen LogP contribution in [0.1, 0.15) is 159 Å². The zero-order chi connectivity index (χ0) is 36.1. The molecular formula is C43H59NO2S4Si. The number of carbonyl (C=O) groups is 2. The third-order valence-corrected chi connectivity index (χ3v) is 22.6. The molecule has 0 aliphatic carbocycles. The number of hydrogen-bond acceptors (Lipinski definition) is 6. The lowest BCUT2D eigenvalue weighted by molar-refractivity contribution is 0.0651. The van der Waals surface area contributed by atoms with E-state index in [1.165, 1.54) is 115 Å². The highest BCUT2D eigenvalue weighted by Crippen LogP contribution is 2.49. The average Bonchev–Trinajstić information content (AvgIpc) is 3.96. The minimum absolute atomic E-state index is 0.0694. The first-order chi connectivity index (χ1) is 24.8. The van der Waals surface area contributed by atoms with Crippen LogP contribution >= 0.6 is 45.3 Å². The number of rotatable bonds is 21. The lowest BCUT2D eigenvalue weighted by atomic mass is 10.0. The number of imide groups is 1. The van der Waals surface area contributed by atoms with Crippen molar-refractivity contribution in [2.45, 2.75) is 150 Å². The second-order valence-electron chi connectivity index (χ2n) is 15.2. The van der Waals surface area contributed by atoms with Crippen LogP contribution in [-0.4, -0.2) is 31.3 Å². The van der Waals surface area contributed by atoms with Crippen LogP contribution in [0.2, 0.25) is 6.04 Å². The van der Waals surface area contributed by atoms with Crippen molar-refractivity contribution in [3.63, 3.8) is 0 Å². The van der Waals surface area contributed by atoms with E-state index in [2.05, 4.69) is 70.2 Å². The first-order valence-corrected chi connectivity index (χ1v) is 25.6. The van der Waals surface area contributed by atoms with Crippen molar-refractivity contribution in [3.05, 3.63) is 50.0 Å². The van der Waals surface area contributed by atoms with Gasteiger partial charge in [-0.15, -0.1) is 45.3 Å². The van der Waals surface area contributed by atoms with Crippen molar-refractivity contribution in [1.82, 2.24) is 4.90 Å². The maximum absolute atomic E-state index is 14.1. The predicted octanol–water partition coefficient (Wildman–Crippen LogP) is 12.4. The number of carbonyl (C=O) groups excluding carboxylic acids is 2. The Bertz CT molecular complexity index is 1810. The van der Waals surface area contributed by atoms with Gasteiger partial charge in [0.25, 0.3) is 11.8 Å². The van der Waals surface area contributed by atoms with Crippen molar-refractivity contribution in [3.8, 4) is 19.5 Å². The molecule has 2 aliphatic rings. The highest BCUT2D eigenvalue weighted by atomic mass is 32.1. The maximum Gasteiger partial charge on any atom is 0.263 e. The van der Waals surface area contributed by atoms with E-state index < -0.39 is 8.07 Å². The summed E-state index contributed by atoms with van der Waals surface area (Å²) in [7, 11) is -2.33. The summed E-state index contributed by atoms with van der Waals surface area (Å²) in [5.74, 6) is 0.552. The molecule has 51 heavy (non-hydrogen) atoms. The highest BCUT2D eigenvalue weighted by Gasteiger charge is 2.52. The topological polar surface area (TPSA) is 37.4 Å². The Kier molecular flexibility index (Phi) is 13.4. The zero-order valence-electron chi connectivity index (χ0n) is 32.0. The third kappa shape index (κ3) is 7.74. The number of fused-ring (bicyclic) bond motifs is 4. The molecule has 0 fully saturated rings. The normalized spacial score (nSPS) is 17.1. The Hall–Kier alpha value is -1.84. The molecule has 6 heterocycles. The van der Waals surface area contributed by atoms with Crippen molar-refractivity contribution >= 4 is 80.1 Å². The summed E-state index contributed by atoms with van der Waals surface area (Å²) in [5, 5.41) is 3.23. The summed E-state index contributed by atoms with van der Waals surface area (Å²) in [6, 6.07) is 11.3. The Labute approximate surface area is 324 Å². The van der Waals surface area contributed by atoms with E-state index in [0.717, 1.165) is 22.6 Å². The fraction of sp³-hybridized carbons (Fsp3) is 0.581. The first-order valence-electron chi connectivity index (χ1n) is 20.1. The molecule has 0 bridgehead atoms. The van der Waals surface area contributed by atoms with Gasteiger partial charge in [-0.25, -0.2) is 0 Å². The summed E-state index contributed by atoms with van der Waals surface area (Å²) in [4.78, 5) is 38.5. The molecule has 2 unspecified atom stereocenters. The van der Waals surface area contributed by atoms with E-state index >= 15 is 0 Å². The summed E-state index contributed by atoms with van der Waals surface area (Å²) < 4.78 is 1.63. The molecule has 3 nitrogen and oxygen atoms in total. The lowest BCUT2D eigenvalue weighted by Crippen LogP contribution is -2.64. The van der Waals surface area contributed by atoms with Gasteiger partial charge >= 0.3 is 0 Å². The molecule has 0 aromatic carbocycles.